The van der Waals surface area contributed by atoms with Gasteiger partial charge in [0, 0.05) is 37.8 Å². The molecule has 5 rings (SSSR count). The number of fused-ring (bicyclic) bond motifs is 1. The summed E-state index contributed by atoms with van der Waals surface area (Å²) in [4.78, 5) is 18.6. The molecule has 2 aliphatic heterocycles. The topological polar surface area (TPSA) is 111 Å². The van der Waals surface area contributed by atoms with Crippen molar-refractivity contribution in [2.45, 2.75) is 10.9 Å². The second-order valence-corrected chi connectivity index (χ2v) is 9.20. The average molecular weight is 428 g/mol. The largest absolute Gasteiger partial charge is 0.378 e. The minimum absolute atomic E-state index is 0.165. The number of morpholine rings is 1. The Bertz CT molecular complexity index is 1190. The van der Waals surface area contributed by atoms with Gasteiger partial charge in [0.1, 0.15) is 4.90 Å². The maximum absolute atomic E-state index is 13.1. The monoisotopic (exact) mass is 428 g/mol. The first-order valence-electron chi connectivity index (χ1n) is 9.67. The highest BCUT2D eigenvalue weighted by molar-refractivity contribution is 7.89. The molecule has 4 heterocycles. The summed E-state index contributed by atoms with van der Waals surface area (Å²) in [6.07, 6.45) is 3.18. The smallest absolute Gasteiger partial charge is 0.276 e. The highest BCUT2D eigenvalue weighted by atomic mass is 32.2. The van der Waals surface area contributed by atoms with Crippen molar-refractivity contribution in [1.82, 2.24) is 29.2 Å². The number of rotatable bonds is 4. The van der Waals surface area contributed by atoms with Gasteiger partial charge in [-0.05, 0) is 12.1 Å². The quantitative estimate of drug-likeness (QED) is 0.596. The van der Waals surface area contributed by atoms with E-state index in [1.165, 1.54) is 4.31 Å². The molecule has 10 nitrogen and oxygen atoms in total. The third kappa shape index (κ3) is 3.24. The molecule has 0 atom stereocenters. The number of pyridine rings is 1. The first-order chi connectivity index (χ1) is 14.5. The number of carbonyl (C=O) groups is 1. The molecule has 0 radical (unpaired) electrons. The molecule has 0 N–H and O–H groups in total. The second kappa shape index (κ2) is 7.42. The van der Waals surface area contributed by atoms with Crippen molar-refractivity contribution >= 4 is 26.8 Å². The van der Waals surface area contributed by atoms with E-state index in [9.17, 15) is 13.2 Å². The van der Waals surface area contributed by atoms with Gasteiger partial charge in [-0.2, -0.15) is 4.31 Å². The van der Waals surface area contributed by atoms with Crippen LogP contribution in [0, 0.1) is 0 Å². The molecule has 1 amide bonds. The van der Waals surface area contributed by atoms with Gasteiger partial charge in [0.25, 0.3) is 5.91 Å². The Labute approximate surface area is 173 Å². The van der Waals surface area contributed by atoms with Gasteiger partial charge in [-0.25, -0.2) is 13.1 Å². The minimum atomic E-state index is -3.68. The van der Waals surface area contributed by atoms with Crippen LogP contribution in [0.3, 0.4) is 0 Å². The fraction of sp³-hybridized carbons (Fsp3) is 0.368. The van der Waals surface area contributed by atoms with Crippen LogP contribution in [0.1, 0.15) is 16.5 Å². The van der Waals surface area contributed by atoms with Gasteiger partial charge in [0.15, 0.2) is 5.69 Å². The van der Waals surface area contributed by atoms with E-state index in [4.69, 9.17) is 4.74 Å². The predicted molar refractivity (Wildman–Crippen MR) is 106 cm³/mol. The lowest BCUT2D eigenvalue weighted by Gasteiger charge is -2.37. The third-order valence-electron chi connectivity index (χ3n) is 5.44. The summed E-state index contributed by atoms with van der Waals surface area (Å²) in [5, 5.41) is 8.81. The van der Waals surface area contributed by atoms with Crippen LogP contribution in [-0.4, -0.2) is 82.9 Å². The SMILES string of the molecule is O=C(c1cn(C2CN(S(=O)(=O)c3cccc4cccnc34)C2)nn1)N1CCOCC1. The van der Waals surface area contributed by atoms with Gasteiger partial charge < -0.3 is 9.64 Å². The average Bonchev–Trinajstić information content (AvgIpc) is 3.21. The Morgan fingerprint density at radius 2 is 1.87 bits per heavy atom. The first kappa shape index (κ1) is 19.1. The van der Waals surface area contributed by atoms with E-state index in [1.807, 2.05) is 12.1 Å². The highest BCUT2D eigenvalue weighted by Gasteiger charge is 2.39. The van der Waals surface area contributed by atoms with Gasteiger partial charge >= 0.3 is 0 Å². The Kier molecular flexibility index (Phi) is 4.72. The van der Waals surface area contributed by atoms with Crippen molar-refractivity contribution in [3.8, 4) is 0 Å². The number of hydrogen-bond donors (Lipinski definition) is 0. The molecule has 30 heavy (non-hydrogen) atoms. The van der Waals surface area contributed by atoms with Crippen LogP contribution in [-0.2, 0) is 14.8 Å². The van der Waals surface area contributed by atoms with Crippen LogP contribution in [0.5, 0.6) is 0 Å². The van der Waals surface area contributed by atoms with E-state index in [0.29, 0.717) is 31.8 Å². The van der Waals surface area contributed by atoms with Crippen LogP contribution >= 0.6 is 0 Å². The van der Waals surface area contributed by atoms with Crippen LogP contribution in [0.2, 0.25) is 0 Å². The molecule has 0 spiro atoms. The van der Waals surface area contributed by atoms with Gasteiger partial charge in [-0.15, -0.1) is 5.10 Å². The zero-order valence-electron chi connectivity index (χ0n) is 16.1. The molecule has 3 aromatic rings. The molecule has 2 fully saturated rings. The van der Waals surface area contributed by atoms with Crippen molar-refractivity contribution in [3.63, 3.8) is 0 Å². The molecule has 11 heteroatoms. The van der Waals surface area contributed by atoms with E-state index < -0.39 is 10.0 Å². The van der Waals surface area contributed by atoms with Crippen molar-refractivity contribution in [2.75, 3.05) is 39.4 Å². The summed E-state index contributed by atoms with van der Waals surface area (Å²) in [5.74, 6) is -0.185. The van der Waals surface area contributed by atoms with Gasteiger partial charge in [0.05, 0.1) is 31.0 Å². The zero-order valence-corrected chi connectivity index (χ0v) is 16.9. The normalized spacial score (nSPS) is 18.5. The lowest BCUT2D eigenvalue weighted by molar-refractivity contribution is 0.0299. The lowest BCUT2D eigenvalue weighted by atomic mass is 10.2. The first-order valence-corrected chi connectivity index (χ1v) is 11.1. The Hall–Kier alpha value is -2.89. The Balaban J connectivity index is 1.30. The summed E-state index contributed by atoms with van der Waals surface area (Å²) in [5.41, 5.74) is 0.721. The summed E-state index contributed by atoms with van der Waals surface area (Å²) in [7, 11) is -3.68. The van der Waals surface area contributed by atoms with Crippen LogP contribution in [0.15, 0.2) is 47.6 Å². The van der Waals surface area contributed by atoms with E-state index in [1.54, 1.807) is 40.2 Å². The molecule has 0 bridgehead atoms. The van der Waals surface area contributed by atoms with Crippen LogP contribution < -0.4 is 0 Å². The van der Waals surface area contributed by atoms with Gasteiger partial charge in [0.2, 0.25) is 10.0 Å². The summed E-state index contributed by atoms with van der Waals surface area (Å²) in [6, 6.07) is 8.58. The molecule has 0 unspecified atom stereocenters. The number of ether oxygens (including phenoxy) is 1. The van der Waals surface area contributed by atoms with Crippen molar-refractivity contribution < 1.29 is 17.9 Å². The fourth-order valence-corrected chi connectivity index (χ4v) is 5.37. The number of nitrogens with zero attached hydrogens (tertiary/aromatic N) is 6. The van der Waals surface area contributed by atoms with E-state index in [-0.39, 0.29) is 35.6 Å². The summed E-state index contributed by atoms with van der Waals surface area (Å²) in [6.45, 7) is 2.61. The standard InChI is InChI=1S/C19H20N6O4S/c26-19(23-7-9-29-10-8-23)16-13-25(22-21-16)15-11-24(12-15)30(27,28)17-5-1-3-14-4-2-6-20-18(14)17/h1-6,13,15H,7-12H2. The number of aromatic nitrogens is 4. The molecule has 1 aromatic carbocycles. The second-order valence-electron chi connectivity index (χ2n) is 7.30. The summed E-state index contributed by atoms with van der Waals surface area (Å²) >= 11 is 0. The molecular formula is C19H20N6O4S. The number of benzene rings is 1. The maximum Gasteiger partial charge on any atom is 0.276 e. The van der Waals surface area contributed by atoms with Crippen molar-refractivity contribution in [2.24, 2.45) is 0 Å². The molecular weight excluding hydrogens is 408 g/mol. The maximum atomic E-state index is 13.1. The summed E-state index contributed by atoms with van der Waals surface area (Å²) < 4.78 is 34.4. The highest BCUT2D eigenvalue weighted by Crippen LogP contribution is 2.30. The Morgan fingerprint density at radius 3 is 2.67 bits per heavy atom. The van der Waals surface area contributed by atoms with Gasteiger partial charge in [-0.3, -0.25) is 9.78 Å². The zero-order chi connectivity index (χ0) is 20.7. The third-order valence-corrected chi connectivity index (χ3v) is 7.31. The number of sulfonamides is 1. The fourth-order valence-electron chi connectivity index (χ4n) is 3.69. The lowest BCUT2D eigenvalue weighted by Crippen LogP contribution is -2.50. The number of hydrogen-bond acceptors (Lipinski definition) is 7. The molecule has 156 valence electrons. The van der Waals surface area contributed by atoms with Crippen molar-refractivity contribution in [1.29, 1.82) is 0 Å². The van der Waals surface area contributed by atoms with E-state index in [0.717, 1.165) is 5.39 Å². The molecule has 0 aliphatic carbocycles. The molecule has 2 aliphatic rings. The predicted octanol–water partition coefficient (Wildman–Crippen LogP) is 0.544. The minimum Gasteiger partial charge on any atom is -0.378 e. The van der Waals surface area contributed by atoms with Gasteiger partial charge in [-0.1, -0.05) is 23.4 Å². The van der Waals surface area contributed by atoms with E-state index >= 15 is 0 Å². The number of para-hydroxylation sites is 1. The van der Waals surface area contributed by atoms with E-state index in [2.05, 4.69) is 15.3 Å². The molecule has 2 saturated heterocycles. The Morgan fingerprint density at radius 1 is 1.10 bits per heavy atom. The number of carbonyl (C=O) groups excluding carboxylic acids is 1. The molecule has 0 saturated carbocycles. The molecule has 2 aromatic heterocycles. The van der Waals surface area contributed by atoms with Crippen LogP contribution in [0.4, 0.5) is 0 Å². The van der Waals surface area contributed by atoms with Crippen molar-refractivity contribution in [3.05, 3.63) is 48.4 Å². The number of amides is 1. The van der Waals surface area contributed by atoms with Crippen LogP contribution in [0.25, 0.3) is 10.9 Å².